The lowest BCUT2D eigenvalue weighted by molar-refractivity contribution is -0.146. The molecule has 7 nitrogen and oxygen atoms in total. The maximum atomic E-state index is 12.8. The maximum Gasteiger partial charge on any atom is 0.310 e. The fourth-order valence-corrected chi connectivity index (χ4v) is 3.28. The van der Waals surface area contributed by atoms with Crippen LogP contribution in [0, 0.1) is 0 Å². The smallest absolute Gasteiger partial charge is 0.310 e. The summed E-state index contributed by atoms with van der Waals surface area (Å²) in [5.41, 5.74) is 1.92. The highest BCUT2D eigenvalue weighted by Gasteiger charge is 2.17. The van der Waals surface area contributed by atoms with E-state index in [1.165, 1.54) is 0 Å². The lowest BCUT2D eigenvalue weighted by Crippen LogP contribution is -2.23. The lowest BCUT2D eigenvalue weighted by Gasteiger charge is -2.18. The number of benzene rings is 3. The second kappa shape index (κ2) is 9.78. The van der Waals surface area contributed by atoms with E-state index in [9.17, 15) is 14.4 Å². The Labute approximate surface area is 184 Å². The van der Waals surface area contributed by atoms with E-state index >= 15 is 0 Å². The Bertz CT molecular complexity index is 1140. The molecule has 0 radical (unpaired) electrons. The lowest BCUT2D eigenvalue weighted by atomic mass is 10.0. The van der Waals surface area contributed by atoms with Gasteiger partial charge in [-0.05, 0) is 29.8 Å². The van der Waals surface area contributed by atoms with E-state index in [1.54, 1.807) is 66.7 Å². The van der Waals surface area contributed by atoms with Crippen LogP contribution in [0.2, 0.25) is 0 Å². The van der Waals surface area contributed by atoms with E-state index in [4.69, 9.17) is 14.2 Å². The summed E-state index contributed by atoms with van der Waals surface area (Å²) in [5.74, 6) is -0.0770. The first-order valence-corrected chi connectivity index (χ1v) is 10.1. The van der Waals surface area contributed by atoms with Gasteiger partial charge in [0.1, 0.15) is 13.2 Å². The highest BCUT2D eigenvalue weighted by Crippen LogP contribution is 2.30. The Morgan fingerprint density at radius 2 is 1.56 bits per heavy atom. The van der Waals surface area contributed by atoms with Crippen molar-refractivity contribution in [3.8, 4) is 11.5 Å². The van der Waals surface area contributed by atoms with Crippen LogP contribution >= 0.6 is 0 Å². The standard InChI is InChI=1S/C25H21NO6/c27-23(16-32-24(28)15-17-10-11-21-22(14-17)31-13-12-30-21)26-20-9-5-4-8-19(20)25(29)18-6-2-1-3-7-18/h1-11,14H,12-13,15-16H2,(H,26,27). The third-order valence-electron chi connectivity index (χ3n) is 4.80. The molecule has 0 bridgehead atoms. The number of anilines is 1. The predicted octanol–water partition coefficient (Wildman–Crippen LogP) is 3.41. The van der Waals surface area contributed by atoms with Gasteiger partial charge in [0.25, 0.3) is 5.91 Å². The van der Waals surface area contributed by atoms with Crippen molar-refractivity contribution in [2.45, 2.75) is 6.42 Å². The SMILES string of the molecule is O=C(COC(=O)Cc1ccc2c(c1)OCCO2)Nc1ccccc1C(=O)c1ccccc1. The minimum atomic E-state index is -0.550. The number of fused-ring (bicyclic) bond motifs is 1. The summed E-state index contributed by atoms with van der Waals surface area (Å²) >= 11 is 0. The van der Waals surface area contributed by atoms with Crippen molar-refractivity contribution in [1.82, 2.24) is 0 Å². The molecule has 1 amide bonds. The van der Waals surface area contributed by atoms with E-state index in [1.807, 2.05) is 6.07 Å². The number of carbonyl (C=O) groups is 3. The fourth-order valence-electron chi connectivity index (χ4n) is 3.28. The fraction of sp³-hybridized carbons (Fsp3) is 0.160. The number of nitrogens with one attached hydrogen (secondary N) is 1. The molecule has 3 aromatic carbocycles. The number of hydrogen-bond acceptors (Lipinski definition) is 6. The largest absolute Gasteiger partial charge is 0.486 e. The van der Waals surface area contributed by atoms with E-state index in [0.29, 0.717) is 47.1 Å². The quantitative estimate of drug-likeness (QED) is 0.455. The minimum Gasteiger partial charge on any atom is -0.486 e. The van der Waals surface area contributed by atoms with Gasteiger partial charge < -0.3 is 19.5 Å². The number of rotatable bonds is 7. The first kappa shape index (κ1) is 21.1. The Kier molecular flexibility index (Phi) is 6.46. The predicted molar refractivity (Wildman–Crippen MR) is 117 cm³/mol. The summed E-state index contributed by atoms with van der Waals surface area (Å²) in [4.78, 5) is 37.3. The topological polar surface area (TPSA) is 90.9 Å². The average Bonchev–Trinajstić information content (AvgIpc) is 2.83. The highest BCUT2D eigenvalue weighted by molar-refractivity contribution is 6.13. The molecule has 7 heteroatoms. The summed E-state index contributed by atoms with van der Waals surface area (Å²) in [5, 5.41) is 2.65. The first-order chi connectivity index (χ1) is 15.6. The molecule has 4 rings (SSSR count). The van der Waals surface area contributed by atoms with E-state index in [0.717, 1.165) is 0 Å². The van der Waals surface area contributed by atoms with Crippen molar-refractivity contribution in [2.75, 3.05) is 25.1 Å². The number of amides is 1. The van der Waals surface area contributed by atoms with E-state index in [2.05, 4.69) is 5.32 Å². The Balaban J connectivity index is 1.33. The molecule has 0 aromatic heterocycles. The zero-order valence-electron chi connectivity index (χ0n) is 17.2. The number of carbonyl (C=O) groups excluding carboxylic acids is 3. The van der Waals surface area contributed by atoms with Crippen LogP contribution in [0.15, 0.2) is 72.8 Å². The maximum absolute atomic E-state index is 12.8. The molecule has 32 heavy (non-hydrogen) atoms. The van der Waals surface area contributed by atoms with Gasteiger partial charge in [0.05, 0.1) is 12.1 Å². The van der Waals surface area contributed by atoms with Crippen LogP contribution < -0.4 is 14.8 Å². The molecule has 1 N–H and O–H groups in total. The van der Waals surface area contributed by atoms with Gasteiger partial charge >= 0.3 is 5.97 Å². The Hall–Kier alpha value is -4.13. The van der Waals surface area contributed by atoms with Crippen molar-refractivity contribution in [3.63, 3.8) is 0 Å². The van der Waals surface area contributed by atoms with Gasteiger partial charge in [-0.15, -0.1) is 0 Å². The normalized spacial score (nSPS) is 12.0. The van der Waals surface area contributed by atoms with Gasteiger partial charge in [-0.2, -0.15) is 0 Å². The Morgan fingerprint density at radius 3 is 2.38 bits per heavy atom. The van der Waals surface area contributed by atoms with Gasteiger partial charge in [-0.1, -0.05) is 48.5 Å². The van der Waals surface area contributed by atoms with Crippen molar-refractivity contribution in [3.05, 3.63) is 89.5 Å². The van der Waals surface area contributed by atoms with E-state index in [-0.39, 0.29) is 12.2 Å². The van der Waals surface area contributed by atoms with Crippen molar-refractivity contribution in [1.29, 1.82) is 0 Å². The summed E-state index contributed by atoms with van der Waals surface area (Å²) in [6.07, 6.45) is -0.00694. The molecule has 0 spiro atoms. The van der Waals surface area contributed by atoms with Gasteiger partial charge in [-0.25, -0.2) is 0 Å². The zero-order chi connectivity index (χ0) is 22.3. The van der Waals surface area contributed by atoms with Crippen LogP contribution in [0.1, 0.15) is 21.5 Å². The average molecular weight is 431 g/mol. The summed E-state index contributed by atoms with van der Waals surface area (Å²) < 4.78 is 16.1. The number of para-hydroxylation sites is 1. The van der Waals surface area contributed by atoms with Crippen molar-refractivity contribution >= 4 is 23.3 Å². The molecule has 0 saturated carbocycles. The van der Waals surface area contributed by atoms with Crippen molar-refractivity contribution < 1.29 is 28.6 Å². The van der Waals surface area contributed by atoms with Crippen LogP contribution in [-0.2, 0) is 20.7 Å². The van der Waals surface area contributed by atoms with Gasteiger partial charge in [0, 0.05) is 11.1 Å². The first-order valence-electron chi connectivity index (χ1n) is 10.1. The highest BCUT2D eigenvalue weighted by atomic mass is 16.6. The number of ketones is 1. The summed E-state index contributed by atoms with van der Waals surface area (Å²) in [7, 11) is 0. The molecule has 0 saturated heterocycles. The molecular weight excluding hydrogens is 410 g/mol. The molecule has 1 aliphatic heterocycles. The van der Waals surface area contributed by atoms with Gasteiger partial charge in [0.15, 0.2) is 23.9 Å². The molecule has 162 valence electrons. The molecule has 0 fully saturated rings. The number of ether oxygens (including phenoxy) is 3. The van der Waals surface area contributed by atoms with Crippen LogP contribution in [0.5, 0.6) is 11.5 Å². The van der Waals surface area contributed by atoms with Crippen LogP contribution in [0.25, 0.3) is 0 Å². The third kappa shape index (κ3) is 5.13. The molecule has 0 atom stereocenters. The second-order valence-corrected chi connectivity index (χ2v) is 7.10. The third-order valence-corrected chi connectivity index (χ3v) is 4.80. The molecule has 1 aliphatic rings. The number of hydrogen-bond donors (Lipinski definition) is 1. The molecule has 3 aromatic rings. The molecule has 1 heterocycles. The molecular formula is C25H21NO6. The van der Waals surface area contributed by atoms with Crippen LogP contribution in [0.3, 0.4) is 0 Å². The molecule has 0 aliphatic carbocycles. The monoisotopic (exact) mass is 431 g/mol. The Morgan fingerprint density at radius 1 is 0.844 bits per heavy atom. The van der Waals surface area contributed by atoms with Gasteiger partial charge in [0.2, 0.25) is 0 Å². The second-order valence-electron chi connectivity index (χ2n) is 7.10. The minimum absolute atomic E-state index is 0.00694. The van der Waals surface area contributed by atoms with Crippen LogP contribution in [0.4, 0.5) is 5.69 Å². The molecule has 0 unspecified atom stereocenters. The van der Waals surface area contributed by atoms with E-state index < -0.39 is 18.5 Å². The van der Waals surface area contributed by atoms with Crippen LogP contribution in [-0.4, -0.2) is 37.5 Å². The number of esters is 1. The van der Waals surface area contributed by atoms with Gasteiger partial charge in [-0.3, -0.25) is 14.4 Å². The zero-order valence-corrected chi connectivity index (χ0v) is 17.2. The summed E-state index contributed by atoms with van der Waals surface area (Å²) in [6.45, 7) is 0.482. The summed E-state index contributed by atoms with van der Waals surface area (Å²) in [6, 6.07) is 20.7. The van der Waals surface area contributed by atoms with Crippen molar-refractivity contribution in [2.24, 2.45) is 0 Å².